The lowest BCUT2D eigenvalue weighted by Gasteiger charge is -2.03. The average Bonchev–Trinajstić information content (AvgIpc) is 2.83. The van der Waals surface area contributed by atoms with Crippen molar-refractivity contribution in [2.75, 3.05) is 0 Å². The summed E-state index contributed by atoms with van der Waals surface area (Å²) in [6, 6.07) is 0. The summed E-state index contributed by atoms with van der Waals surface area (Å²) in [7, 11) is 0. The normalized spacial score (nSPS) is 11.1. The number of halogens is 1. The molecule has 2 aromatic rings. The molecule has 5 heteroatoms. The van der Waals surface area contributed by atoms with E-state index in [1.165, 1.54) is 0 Å². The van der Waals surface area contributed by atoms with Gasteiger partial charge in [0, 0.05) is 33.5 Å². The lowest BCUT2D eigenvalue weighted by molar-refractivity contribution is 0.112. The Balaban J connectivity index is 2.43. The molecule has 0 saturated carbocycles. The first-order valence-corrected chi connectivity index (χ1v) is 7.10. The van der Waals surface area contributed by atoms with E-state index in [0.29, 0.717) is 11.5 Å². The van der Waals surface area contributed by atoms with E-state index >= 15 is 0 Å². The van der Waals surface area contributed by atoms with Gasteiger partial charge in [-0.1, -0.05) is 13.8 Å². The van der Waals surface area contributed by atoms with Crippen LogP contribution in [0.2, 0.25) is 0 Å². The fraction of sp³-hybridized carbons (Fsp3) is 0.333. The highest BCUT2D eigenvalue weighted by Crippen LogP contribution is 2.32. The minimum Gasteiger partial charge on any atom is -0.298 e. The maximum Gasteiger partial charge on any atom is 0.153 e. The molecule has 2 rings (SSSR count). The monoisotopic (exact) mass is 312 g/mol. The van der Waals surface area contributed by atoms with Gasteiger partial charge in [-0.2, -0.15) is 16.4 Å². The molecule has 2 heterocycles. The molecular weight excluding hydrogens is 300 g/mol. The number of nitrogens with zero attached hydrogens (tertiary/aromatic N) is 2. The topological polar surface area (TPSA) is 34.9 Å². The molecule has 0 radical (unpaired) electrons. The van der Waals surface area contributed by atoms with E-state index in [9.17, 15) is 4.79 Å². The zero-order chi connectivity index (χ0) is 12.4. The molecular formula is C12H13BrN2OS. The van der Waals surface area contributed by atoms with Crippen molar-refractivity contribution in [2.24, 2.45) is 5.92 Å². The summed E-state index contributed by atoms with van der Waals surface area (Å²) in [6.07, 6.45) is 2.68. The van der Waals surface area contributed by atoms with E-state index in [2.05, 4.69) is 34.9 Å². The third kappa shape index (κ3) is 2.66. The second-order valence-corrected chi connectivity index (χ2v) is 5.90. The Morgan fingerprint density at radius 1 is 1.53 bits per heavy atom. The van der Waals surface area contributed by atoms with Gasteiger partial charge in [-0.15, -0.1) is 0 Å². The Bertz CT molecular complexity index is 530. The standard InChI is InChI=1S/C12H13BrN2OS/c1-8(2)3-15-4-9(5-16)12(14-15)10-6-17-7-11(10)13/h4-8H,3H2,1-2H3. The SMILES string of the molecule is CC(C)Cn1cc(C=O)c(-c2cscc2Br)n1. The van der Waals surface area contributed by atoms with Gasteiger partial charge in [0.2, 0.25) is 0 Å². The Hall–Kier alpha value is -0.940. The Morgan fingerprint density at radius 3 is 2.82 bits per heavy atom. The van der Waals surface area contributed by atoms with Gasteiger partial charge in [0.05, 0.1) is 5.56 Å². The molecule has 0 bridgehead atoms. The number of thiophene rings is 1. The van der Waals surface area contributed by atoms with E-state index in [1.54, 1.807) is 11.3 Å². The van der Waals surface area contributed by atoms with Crippen molar-refractivity contribution in [3.05, 3.63) is 27.0 Å². The highest BCUT2D eigenvalue weighted by Gasteiger charge is 2.14. The van der Waals surface area contributed by atoms with Gasteiger partial charge < -0.3 is 0 Å². The summed E-state index contributed by atoms with van der Waals surface area (Å²) in [5.41, 5.74) is 2.39. The van der Waals surface area contributed by atoms with Crippen LogP contribution in [0.25, 0.3) is 11.3 Å². The second kappa shape index (κ2) is 5.14. The summed E-state index contributed by atoms with van der Waals surface area (Å²) >= 11 is 5.06. The molecule has 0 atom stereocenters. The van der Waals surface area contributed by atoms with Crippen LogP contribution in [0.1, 0.15) is 24.2 Å². The van der Waals surface area contributed by atoms with Crippen molar-refractivity contribution in [3.63, 3.8) is 0 Å². The maximum atomic E-state index is 11.1. The fourth-order valence-electron chi connectivity index (χ4n) is 1.65. The van der Waals surface area contributed by atoms with Crippen LogP contribution in [0.3, 0.4) is 0 Å². The van der Waals surface area contributed by atoms with Crippen molar-refractivity contribution in [2.45, 2.75) is 20.4 Å². The van der Waals surface area contributed by atoms with Gasteiger partial charge in [-0.3, -0.25) is 9.48 Å². The number of aromatic nitrogens is 2. The molecule has 2 aromatic heterocycles. The lowest BCUT2D eigenvalue weighted by Crippen LogP contribution is -2.04. The molecule has 0 N–H and O–H groups in total. The van der Waals surface area contributed by atoms with Crippen molar-refractivity contribution in [3.8, 4) is 11.3 Å². The van der Waals surface area contributed by atoms with E-state index in [-0.39, 0.29) is 0 Å². The van der Waals surface area contributed by atoms with Gasteiger partial charge in [-0.25, -0.2) is 0 Å². The molecule has 0 fully saturated rings. The van der Waals surface area contributed by atoms with E-state index in [4.69, 9.17) is 0 Å². The predicted octanol–water partition coefficient (Wildman–Crippen LogP) is 3.84. The molecule has 0 aliphatic heterocycles. The molecule has 0 spiro atoms. The summed E-state index contributed by atoms with van der Waals surface area (Å²) in [6.45, 7) is 5.08. The van der Waals surface area contributed by atoms with Crippen molar-refractivity contribution >= 4 is 33.6 Å². The summed E-state index contributed by atoms with van der Waals surface area (Å²) < 4.78 is 2.83. The molecule has 0 amide bonds. The summed E-state index contributed by atoms with van der Waals surface area (Å²) in [5, 5.41) is 8.48. The molecule has 17 heavy (non-hydrogen) atoms. The van der Waals surface area contributed by atoms with Crippen molar-refractivity contribution in [1.82, 2.24) is 9.78 Å². The fourth-order valence-corrected chi connectivity index (χ4v) is 3.12. The van der Waals surface area contributed by atoms with Crippen LogP contribution in [0.4, 0.5) is 0 Å². The first kappa shape index (κ1) is 12.5. The van der Waals surface area contributed by atoms with Gasteiger partial charge >= 0.3 is 0 Å². The second-order valence-electron chi connectivity index (χ2n) is 4.30. The number of carbonyl (C=O) groups is 1. The molecule has 0 aromatic carbocycles. The Morgan fingerprint density at radius 2 is 2.29 bits per heavy atom. The van der Waals surface area contributed by atoms with Gasteiger partial charge in [0.1, 0.15) is 5.69 Å². The van der Waals surface area contributed by atoms with Crippen LogP contribution < -0.4 is 0 Å². The maximum absolute atomic E-state index is 11.1. The van der Waals surface area contributed by atoms with Crippen molar-refractivity contribution < 1.29 is 4.79 Å². The van der Waals surface area contributed by atoms with E-state index in [1.807, 2.05) is 21.6 Å². The molecule has 0 aliphatic carbocycles. The lowest BCUT2D eigenvalue weighted by atomic mass is 10.2. The molecule has 0 aliphatic rings. The van der Waals surface area contributed by atoms with Gasteiger partial charge in [-0.05, 0) is 21.8 Å². The minimum absolute atomic E-state index is 0.508. The van der Waals surface area contributed by atoms with Crippen LogP contribution in [0.15, 0.2) is 21.4 Å². The predicted molar refractivity (Wildman–Crippen MR) is 73.5 cm³/mol. The van der Waals surface area contributed by atoms with Gasteiger partial charge in [0.25, 0.3) is 0 Å². The highest BCUT2D eigenvalue weighted by atomic mass is 79.9. The van der Waals surface area contributed by atoms with Gasteiger partial charge in [0.15, 0.2) is 6.29 Å². The van der Waals surface area contributed by atoms with Crippen LogP contribution >= 0.6 is 27.3 Å². The summed E-state index contributed by atoms with van der Waals surface area (Å²) in [5.74, 6) is 0.508. The van der Waals surface area contributed by atoms with Crippen LogP contribution in [-0.4, -0.2) is 16.1 Å². The number of hydrogen-bond acceptors (Lipinski definition) is 3. The smallest absolute Gasteiger partial charge is 0.153 e. The Kier molecular flexibility index (Phi) is 3.79. The van der Waals surface area contributed by atoms with E-state index < -0.39 is 0 Å². The molecule has 0 unspecified atom stereocenters. The average molecular weight is 313 g/mol. The number of hydrogen-bond donors (Lipinski definition) is 0. The zero-order valence-corrected chi connectivity index (χ0v) is 12.1. The number of aldehydes is 1. The third-order valence-electron chi connectivity index (χ3n) is 2.34. The van der Waals surface area contributed by atoms with Crippen LogP contribution in [-0.2, 0) is 6.54 Å². The quantitative estimate of drug-likeness (QED) is 0.804. The van der Waals surface area contributed by atoms with Crippen LogP contribution in [0, 0.1) is 5.92 Å². The number of carbonyl (C=O) groups excluding carboxylic acids is 1. The molecule has 90 valence electrons. The van der Waals surface area contributed by atoms with E-state index in [0.717, 1.165) is 28.6 Å². The third-order valence-corrected chi connectivity index (χ3v) is 4.04. The number of rotatable bonds is 4. The zero-order valence-electron chi connectivity index (χ0n) is 9.68. The summed E-state index contributed by atoms with van der Waals surface area (Å²) in [4.78, 5) is 11.1. The first-order valence-electron chi connectivity index (χ1n) is 5.36. The largest absolute Gasteiger partial charge is 0.298 e. The van der Waals surface area contributed by atoms with Crippen molar-refractivity contribution in [1.29, 1.82) is 0 Å². The first-order chi connectivity index (χ1) is 8.11. The molecule has 0 saturated heterocycles. The highest BCUT2D eigenvalue weighted by molar-refractivity contribution is 9.10. The van der Waals surface area contributed by atoms with Crippen LogP contribution in [0.5, 0.6) is 0 Å². The minimum atomic E-state index is 0.508. The Labute approximate surface area is 113 Å². The molecule has 3 nitrogen and oxygen atoms in total.